The minimum absolute atomic E-state index is 0.656. The smallest absolute Gasteiger partial charge is 0.326 e. The molecule has 86 valence electrons. The van der Waals surface area contributed by atoms with Gasteiger partial charge in [-0.2, -0.15) is 0 Å². The molecule has 0 aromatic carbocycles. The monoisotopic (exact) mass is 217 g/mol. The van der Waals surface area contributed by atoms with Crippen LogP contribution in [0.4, 0.5) is 4.79 Å². The summed E-state index contributed by atoms with van der Waals surface area (Å²) in [5.74, 6) is -1.81. The van der Waals surface area contributed by atoms with Gasteiger partial charge in [0.25, 0.3) is 0 Å². The summed E-state index contributed by atoms with van der Waals surface area (Å²) in [6.45, 7) is 2.77. The highest BCUT2D eigenvalue weighted by Gasteiger charge is 2.23. The van der Waals surface area contributed by atoms with Crippen molar-refractivity contribution in [2.45, 2.75) is 25.9 Å². The van der Waals surface area contributed by atoms with E-state index in [0.29, 0.717) is 0 Å². The summed E-state index contributed by atoms with van der Waals surface area (Å²) < 4.78 is 0. The molecule has 7 heteroatoms. The third-order valence-corrected chi connectivity index (χ3v) is 2.03. The van der Waals surface area contributed by atoms with Gasteiger partial charge >= 0.3 is 12.0 Å². The van der Waals surface area contributed by atoms with Crippen LogP contribution in [0, 0.1) is 0 Å². The number of nitrogens with two attached hydrogens (primary N) is 1. The molecule has 0 aromatic rings. The van der Waals surface area contributed by atoms with E-state index in [4.69, 9.17) is 10.8 Å². The first-order valence-corrected chi connectivity index (χ1v) is 4.32. The summed E-state index contributed by atoms with van der Waals surface area (Å²) in [6.07, 6.45) is 0. The van der Waals surface area contributed by atoms with Crippen LogP contribution in [0.3, 0.4) is 0 Å². The molecule has 7 nitrogen and oxygen atoms in total. The summed E-state index contributed by atoms with van der Waals surface area (Å²) in [6, 6.07) is -2.46. The van der Waals surface area contributed by atoms with Gasteiger partial charge in [0.05, 0.1) is 0 Å². The first-order valence-electron chi connectivity index (χ1n) is 4.32. The fraction of sp³-hybridized carbons (Fsp3) is 0.625. The number of likely N-dealkylation sites (N-methyl/N-ethyl adjacent to an activating group) is 1. The molecule has 0 heterocycles. The van der Waals surface area contributed by atoms with Crippen LogP contribution in [0.5, 0.6) is 0 Å². The predicted octanol–water partition coefficient (Wildman–Crippen LogP) is -1.03. The van der Waals surface area contributed by atoms with Crippen molar-refractivity contribution in [2.75, 3.05) is 7.05 Å². The number of amides is 3. The van der Waals surface area contributed by atoms with Crippen molar-refractivity contribution in [2.24, 2.45) is 5.73 Å². The van der Waals surface area contributed by atoms with E-state index in [1.807, 2.05) is 0 Å². The highest BCUT2D eigenvalue weighted by Crippen LogP contribution is 1.96. The number of carbonyl (C=O) groups is 3. The molecule has 0 saturated heterocycles. The van der Waals surface area contributed by atoms with Crippen molar-refractivity contribution >= 4 is 17.9 Å². The molecule has 4 N–H and O–H groups in total. The summed E-state index contributed by atoms with van der Waals surface area (Å²) in [5.41, 5.74) is 4.93. The van der Waals surface area contributed by atoms with E-state index in [0.717, 1.165) is 4.90 Å². The van der Waals surface area contributed by atoms with Crippen molar-refractivity contribution in [1.29, 1.82) is 0 Å². The molecule has 15 heavy (non-hydrogen) atoms. The molecular formula is C8H15N3O4. The van der Waals surface area contributed by atoms with E-state index in [-0.39, 0.29) is 0 Å². The van der Waals surface area contributed by atoms with Gasteiger partial charge in [-0.25, -0.2) is 9.59 Å². The largest absolute Gasteiger partial charge is 0.480 e. The van der Waals surface area contributed by atoms with Gasteiger partial charge in [0.2, 0.25) is 5.91 Å². The average Bonchev–Trinajstić information content (AvgIpc) is 2.14. The Balaban J connectivity index is 4.34. The van der Waals surface area contributed by atoms with E-state index in [1.54, 1.807) is 0 Å². The van der Waals surface area contributed by atoms with Crippen molar-refractivity contribution in [1.82, 2.24) is 10.2 Å². The van der Waals surface area contributed by atoms with Crippen molar-refractivity contribution in [3.05, 3.63) is 0 Å². The van der Waals surface area contributed by atoms with Crippen LogP contribution in [0.2, 0.25) is 0 Å². The Bertz CT molecular complexity index is 279. The Morgan fingerprint density at radius 3 is 2.13 bits per heavy atom. The Morgan fingerprint density at radius 1 is 1.33 bits per heavy atom. The van der Waals surface area contributed by atoms with Gasteiger partial charge in [0.15, 0.2) is 0 Å². The molecular weight excluding hydrogens is 202 g/mol. The molecule has 0 aromatic heterocycles. The quantitative estimate of drug-likeness (QED) is 0.559. The maximum atomic E-state index is 11.3. The second kappa shape index (κ2) is 5.18. The molecule has 0 aliphatic carbocycles. The maximum absolute atomic E-state index is 11.3. The van der Waals surface area contributed by atoms with Crippen LogP contribution in [0.15, 0.2) is 0 Å². The minimum atomic E-state index is -1.13. The van der Waals surface area contributed by atoms with Gasteiger partial charge in [0, 0.05) is 7.05 Å². The zero-order valence-corrected chi connectivity index (χ0v) is 8.85. The summed E-state index contributed by atoms with van der Waals surface area (Å²) >= 11 is 0. The van der Waals surface area contributed by atoms with Gasteiger partial charge in [-0.3, -0.25) is 4.79 Å². The number of rotatable bonds is 4. The van der Waals surface area contributed by atoms with Gasteiger partial charge in [0.1, 0.15) is 12.1 Å². The summed E-state index contributed by atoms with van der Waals surface area (Å²) in [7, 11) is 1.32. The molecule has 0 aliphatic heterocycles. The Morgan fingerprint density at radius 2 is 1.80 bits per heavy atom. The Hall–Kier alpha value is -1.79. The van der Waals surface area contributed by atoms with E-state index in [2.05, 4.69) is 5.32 Å². The molecule has 3 amide bonds. The maximum Gasteiger partial charge on any atom is 0.326 e. The van der Waals surface area contributed by atoms with Crippen molar-refractivity contribution in [3.8, 4) is 0 Å². The highest BCUT2D eigenvalue weighted by atomic mass is 16.4. The van der Waals surface area contributed by atoms with E-state index in [1.165, 1.54) is 20.9 Å². The second-order valence-electron chi connectivity index (χ2n) is 3.20. The summed E-state index contributed by atoms with van der Waals surface area (Å²) in [4.78, 5) is 33.5. The number of carboxylic acid groups (broad SMARTS) is 1. The number of urea groups is 1. The molecule has 0 rings (SSSR count). The summed E-state index contributed by atoms with van der Waals surface area (Å²) in [5, 5.41) is 10.9. The standard InChI is InChI=1S/C8H15N3O4/c1-4(6(9)12)10-8(15)11(3)5(2)7(13)14/h4-5H,1-3H3,(H2,9,12)(H,10,15)(H,13,14). The highest BCUT2D eigenvalue weighted by molar-refractivity contribution is 5.87. The van der Waals surface area contributed by atoms with E-state index >= 15 is 0 Å². The van der Waals surface area contributed by atoms with Crippen molar-refractivity contribution in [3.63, 3.8) is 0 Å². The van der Waals surface area contributed by atoms with Gasteiger partial charge in [-0.05, 0) is 13.8 Å². The van der Waals surface area contributed by atoms with Gasteiger partial charge in [-0.1, -0.05) is 0 Å². The second-order valence-corrected chi connectivity index (χ2v) is 3.20. The lowest BCUT2D eigenvalue weighted by Gasteiger charge is -2.23. The van der Waals surface area contributed by atoms with Crippen LogP contribution >= 0.6 is 0 Å². The van der Waals surface area contributed by atoms with E-state index < -0.39 is 30.0 Å². The molecule has 0 aliphatic rings. The third kappa shape index (κ3) is 3.84. The molecule has 0 bridgehead atoms. The Kier molecular flexibility index (Phi) is 4.56. The number of nitrogens with one attached hydrogen (secondary N) is 1. The molecule has 0 spiro atoms. The Labute approximate surface area is 87.2 Å². The molecule has 0 radical (unpaired) electrons. The number of carboxylic acids is 1. The first-order chi connectivity index (χ1) is 6.77. The van der Waals surface area contributed by atoms with Gasteiger partial charge < -0.3 is 21.1 Å². The number of hydrogen-bond acceptors (Lipinski definition) is 3. The molecule has 0 fully saturated rings. The number of primary amides is 1. The lowest BCUT2D eigenvalue weighted by atomic mass is 10.3. The molecule has 2 unspecified atom stereocenters. The number of carbonyl (C=O) groups excluding carboxylic acids is 2. The molecule has 2 atom stereocenters. The fourth-order valence-corrected chi connectivity index (χ4v) is 0.700. The fourth-order valence-electron chi connectivity index (χ4n) is 0.700. The van der Waals surface area contributed by atoms with E-state index in [9.17, 15) is 14.4 Å². The average molecular weight is 217 g/mol. The number of aliphatic carboxylic acids is 1. The minimum Gasteiger partial charge on any atom is -0.480 e. The SMILES string of the molecule is CC(NC(=O)N(C)C(C)C(=O)O)C(N)=O. The van der Waals surface area contributed by atoms with Gasteiger partial charge in [-0.15, -0.1) is 0 Å². The van der Waals surface area contributed by atoms with Crippen LogP contribution in [0.25, 0.3) is 0 Å². The van der Waals surface area contributed by atoms with Crippen molar-refractivity contribution < 1.29 is 19.5 Å². The lowest BCUT2D eigenvalue weighted by Crippen LogP contribution is -2.51. The van der Waals surface area contributed by atoms with Crippen LogP contribution in [-0.4, -0.2) is 47.0 Å². The predicted molar refractivity (Wildman–Crippen MR) is 52.0 cm³/mol. The lowest BCUT2D eigenvalue weighted by molar-refractivity contribution is -0.141. The van der Waals surface area contributed by atoms with Crippen LogP contribution < -0.4 is 11.1 Å². The van der Waals surface area contributed by atoms with Crippen LogP contribution in [-0.2, 0) is 9.59 Å². The zero-order valence-electron chi connectivity index (χ0n) is 8.85. The molecule has 0 saturated carbocycles. The number of hydrogen-bond donors (Lipinski definition) is 3. The first kappa shape index (κ1) is 13.2. The third-order valence-electron chi connectivity index (χ3n) is 2.03. The number of nitrogens with zero attached hydrogens (tertiary/aromatic N) is 1. The normalized spacial score (nSPS) is 13.8. The van der Waals surface area contributed by atoms with Crippen LogP contribution in [0.1, 0.15) is 13.8 Å². The zero-order chi connectivity index (χ0) is 12.2. The topological polar surface area (TPSA) is 113 Å².